The van der Waals surface area contributed by atoms with Crippen LogP contribution in [-0.2, 0) is 11.2 Å². The van der Waals surface area contributed by atoms with Crippen molar-refractivity contribution in [2.75, 3.05) is 13.2 Å². The number of fused-ring (bicyclic) bond motifs is 1. The molecule has 3 rings (SSSR count). The van der Waals surface area contributed by atoms with Gasteiger partial charge in [0.1, 0.15) is 12.4 Å². The molecule has 114 valence electrons. The topological polar surface area (TPSA) is 64.4 Å². The maximum atomic E-state index is 12.5. The Hall–Kier alpha value is -2.33. The summed E-state index contributed by atoms with van der Waals surface area (Å²) in [6.07, 6.45) is 0.786. The fraction of sp³-hybridized carbons (Fsp3) is 0.278. The van der Waals surface area contributed by atoms with Crippen LogP contribution in [0.5, 0.6) is 5.75 Å². The highest BCUT2D eigenvalue weighted by molar-refractivity contribution is 5.84. The third-order valence-corrected chi connectivity index (χ3v) is 3.98. The Kier molecular flexibility index (Phi) is 4.39. The highest BCUT2D eigenvalue weighted by Gasteiger charge is 2.25. The molecule has 2 unspecified atom stereocenters. The number of carbonyl (C=O) groups excluding carboxylic acids is 1. The van der Waals surface area contributed by atoms with Gasteiger partial charge in [0.2, 0.25) is 5.91 Å². The number of ether oxygens (including phenoxy) is 1. The van der Waals surface area contributed by atoms with Crippen LogP contribution >= 0.6 is 0 Å². The monoisotopic (exact) mass is 296 g/mol. The summed E-state index contributed by atoms with van der Waals surface area (Å²) in [5, 5.41) is 3.07. The molecule has 0 radical (unpaired) electrons. The Morgan fingerprint density at radius 3 is 2.68 bits per heavy atom. The van der Waals surface area contributed by atoms with E-state index in [1.807, 2.05) is 54.6 Å². The van der Waals surface area contributed by atoms with Crippen LogP contribution in [0, 0.1) is 0 Å². The Balaban J connectivity index is 1.67. The minimum absolute atomic E-state index is 0.0137. The summed E-state index contributed by atoms with van der Waals surface area (Å²) in [4.78, 5) is 12.5. The molecule has 1 aliphatic rings. The van der Waals surface area contributed by atoms with E-state index in [2.05, 4.69) is 5.32 Å². The van der Waals surface area contributed by atoms with Gasteiger partial charge >= 0.3 is 0 Å². The highest BCUT2D eigenvalue weighted by Crippen LogP contribution is 2.24. The zero-order chi connectivity index (χ0) is 15.4. The van der Waals surface area contributed by atoms with Crippen molar-refractivity contribution in [2.24, 2.45) is 5.73 Å². The molecule has 1 aliphatic heterocycles. The van der Waals surface area contributed by atoms with E-state index in [0.717, 1.165) is 23.3 Å². The number of rotatable bonds is 4. The van der Waals surface area contributed by atoms with Crippen LogP contribution in [0.1, 0.15) is 17.0 Å². The van der Waals surface area contributed by atoms with Crippen molar-refractivity contribution in [1.82, 2.24) is 5.32 Å². The van der Waals surface area contributed by atoms with Gasteiger partial charge in [0, 0.05) is 6.54 Å². The van der Waals surface area contributed by atoms with Crippen molar-refractivity contribution in [3.8, 4) is 5.75 Å². The first-order valence-corrected chi connectivity index (χ1v) is 7.54. The molecule has 2 aromatic rings. The number of hydrogen-bond acceptors (Lipinski definition) is 3. The zero-order valence-electron chi connectivity index (χ0n) is 12.4. The van der Waals surface area contributed by atoms with Gasteiger partial charge < -0.3 is 15.8 Å². The smallest absolute Gasteiger partial charge is 0.229 e. The summed E-state index contributed by atoms with van der Waals surface area (Å²) < 4.78 is 5.71. The largest absolute Gasteiger partial charge is 0.491 e. The number of hydrogen-bond donors (Lipinski definition) is 2. The molecule has 4 nitrogen and oxygen atoms in total. The number of amides is 1. The van der Waals surface area contributed by atoms with Crippen LogP contribution in [0.25, 0.3) is 0 Å². The Morgan fingerprint density at radius 2 is 1.91 bits per heavy atom. The second-order valence-corrected chi connectivity index (χ2v) is 5.53. The van der Waals surface area contributed by atoms with Crippen LogP contribution < -0.4 is 15.8 Å². The van der Waals surface area contributed by atoms with Crippen LogP contribution in [0.2, 0.25) is 0 Å². The van der Waals surface area contributed by atoms with Crippen LogP contribution in [-0.4, -0.2) is 25.1 Å². The summed E-state index contributed by atoms with van der Waals surface area (Å²) in [7, 11) is 0. The molecule has 1 heterocycles. The van der Waals surface area contributed by atoms with Crippen LogP contribution in [0.15, 0.2) is 54.6 Å². The highest BCUT2D eigenvalue weighted by atomic mass is 16.5. The fourth-order valence-electron chi connectivity index (χ4n) is 2.80. The molecular weight excluding hydrogens is 276 g/mol. The molecule has 4 heteroatoms. The molecule has 0 aromatic heterocycles. The third kappa shape index (κ3) is 3.12. The quantitative estimate of drug-likeness (QED) is 0.905. The van der Waals surface area contributed by atoms with Crippen molar-refractivity contribution in [3.05, 3.63) is 65.7 Å². The van der Waals surface area contributed by atoms with Crippen molar-refractivity contribution in [2.45, 2.75) is 18.4 Å². The predicted molar refractivity (Wildman–Crippen MR) is 85.8 cm³/mol. The molecule has 3 N–H and O–H groups in total. The molecule has 0 fully saturated rings. The first-order valence-electron chi connectivity index (χ1n) is 7.54. The van der Waals surface area contributed by atoms with Crippen molar-refractivity contribution < 1.29 is 9.53 Å². The summed E-state index contributed by atoms with van der Waals surface area (Å²) in [5.74, 6) is 0.548. The second kappa shape index (κ2) is 6.62. The lowest BCUT2D eigenvalue weighted by atomic mass is 9.97. The SMILES string of the molecule is NCC(C(=O)NC1COc2ccccc2C1)c1ccccc1. The summed E-state index contributed by atoms with van der Waals surface area (Å²) >= 11 is 0. The lowest BCUT2D eigenvalue weighted by Gasteiger charge is -2.27. The lowest BCUT2D eigenvalue weighted by molar-refractivity contribution is -0.123. The van der Waals surface area contributed by atoms with Crippen molar-refractivity contribution >= 4 is 5.91 Å². The van der Waals surface area contributed by atoms with Crippen molar-refractivity contribution in [3.63, 3.8) is 0 Å². The van der Waals surface area contributed by atoms with E-state index in [-0.39, 0.29) is 17.9 Å². The van der Waals surface area contributed by atoms with Crippen LogP contribution in [0.3, 0.4) is 0 Å². The van der Waals surface area contributed by atoms with E-state index in [0.29, 0.717) is 13.2 Å². The second-order valence-electron chi connectivity index (χ2n) is 5.53. The summed E-state index contributed by atoms with van der Waals surface area (Å²) in [6.45, 7) is 0.787. The van der Waals surface area contributed by atoms with E-state index in [1.54, 1.807) is 0 Å². The van der Waals surface area contributed by atoms with Gasteiger partial charge in [-0.05, 0) is 23.6 Å². The van der Waals surface area contributed by atoms with Gasteiger partial charge in [-0.25, -0.2) is 0 Å². The first kappa shape index (κ1) is 14.6. The summed E-state index contributed by atoms with van der Waals surface area (Å²) in [6, 6.07) is 17.6. The van der Waals surface area contributed by atoms with Gasteiger partial charge in [-0.3, -0.25) is 4.79 Å². The minimum Gasteiger partial charge on any atom is -0.491 e. The third-order valence-electron chi connectivity index (χ3n) is 3.98. The normalized spacial score (nSPS) is 18.0. The maximum Gasteiger partial charge on any atom is 0.229 e. The van der Waals surface area contributed by atoms with Gasteiger partial charge in [-0.15, -0.1) is 0 Å². The average Bonchev–Trinajstić information content (AvgIpc) is 2.56. The first-order chi connectivity index (χ1) is 10.8. The number of benzene rings is 2. The molecule has 0 saturated carbocycles. The Morgan fingerprint density at radius 1 is 1.18 bits per heavy atom. The van der Waals surface area contributed by atoms with E-state index in [1.165, 1.54) is 0 Å². The predicted octanol–water partition coefficient (Wildman–Crippen LogP) is 1.85. The molecule has 1 amide bonds. The van der Waals surface area contributed by atoms with E-state index < -0.39 is 0 Å². The molecule has 2 aromatic carbocycles. The van der Waals surface area contributed by atoms with Crippen molar-refractivity contribution in [1.29, 1.82) is 0 Å². The molecule has 22 heavy (non-hydrogen) atoms. The van der Waals surface area contributed by atoms with Gasteiger partial charge in [-0.1, -0.05) is 48.5 Å². The average molecular weight is 296 g/mol. The zero-order valence-corrected chi connectivity index (χ0v) is 12.4. The maximum absolute atomic E-state index is 12.5. The van der Waals surface area contributed by atoms with E-state index in [9.17, 15) is 4.79 Å². The summed E-state index contributed by atoms with van der Waals surface area (Å²) in [5.41, 5.74) is 7.87. The molecule has 2 atom stereocenters. The lowest BCUT2D eigenvalue weighted by Crippen LogP contribution is -2.45. The molecular formula is C18H20N2O2. The standard InChI is InChI=1S/C18H20N2O2/c19-11-16(13-6-2-1-3-7-13)18(21)20-15-10-14-8-4-5-9-17(14)22-12-15/h1-9,15-16H,10-12,19H2,(H,20,21). The van der Waals surface area contributed by atoms with Gasteiger partial charge in [-0.2, -0.15) is 0 Å². The minimum atomic E-state index is -0.321. The molecule has 0 aliphatic carbocycles. The molecule has 0 bridgehead atoms. The number of nitrogens with two attached hydrogens (primary N) is 1. The van der Waals surface area contributed by atoms with Gasteiger partial charge in [0.05, 0.1) is 12.0 Å². The fourth-order valence-corrected chi connectivity index (χ4v) is 2.80. The number of para-hydroxylation sites is 1. The Labute approximate surface area is 130 Å². The van der Waals surface area contributed by atoms with Gasteiger partial charge in [0.15, 0.2) is 0 Å². The number of carbonyl (C=O) groups is 1. The van der Waals surface area contributed by atoms with E-state index >= 15 is 0 Å². The van der Waals surface area contributed by atoms with Gasteiger partial charge in [0.25, 0.3) is 0 Å². The number of nitrogens with one attached hydrogen (secondary N) is 1. The molecule has 0 spiro atoms. The van der Waals surface area contributed by atoms with Crippen LogP contribution in [0.4, 0.5) is 0 Å². The molecule has 0 saturated heterocycles. The Bertz CT molecular complexity index is 643. The van der Waals surface area contributed by atoms with E-state index in [4.69, 9.17) is 10.5 Å².